The van der Waals surface area contributed by atoms with Gasteiger partial charge >= 0.3 is 0 Å². The van der Waals surface area contributed by atoms with Gasteiger partial charge in [0.25, 0.3) is 0 Å². The van der Waals surface area contributed by atoms with E-state index in [9.17, 15) is 0 Å². The first-order valence-electron chi connectivity index (χ1n) is 7.87. The summed E-state index contributed by atoms with van der Waals surface area (Å²) in [5.41, 5.74) is 1.66. The van der Waals surface area contributed by atoms with Crippen molar-refractivity contribution in [3.63, 3.8) is 0 Å². The van der Waals surface area contributed by atoms with Gasteiger partial charge in [0, 0.05) is 25.6 Å². The van der Waals surface area contributed by atoms with Gasteiger partial charge in [-0.3, -0.25) is 4.99 Å². The predicted molar refractivity (Wildman–Crippen MR) is 103 cm³/mol. The minimum Gasteiger partial charge on any atom is -0.383 e. The summed E-state index contributed by atoms with van der Waals surface area (Å²) in [7, 11) is 1.71. The quantitative estimate of drug-likeness (QED) is 0.311. The van der Waals surface area contributed by atoms with E-state index in [1.807, 2.05) is 0 Å². The number of halogens is 1. The normalized spacial score (nSPS) is 16.4. The van der Waals surface area contributed by atoms with E-state index in [1.165, 1.54) is 24.8 Å². The number of rotatable bonds is 7. The Morgan fingerprint density at radius 3 is 2.50 bits per heavy atom. The molecule has 0 atom stereocenters. The molecule has 0 saturated heterocycles. The maximum Gasteiger partial charge on any atom is 0.191 e. The van der Waals surface area contributed by atoms with Crippen LogP contribution in [-0.2, 0) is 10.2 Å². The number of methoxy groups -OCH3 is 1. The number of ether oxygens (including phenoxy) is 1. The van der Waals surface area contributed by atoms with Crippen molar-refractivity contribution in [2.45, 2.75) is 31.6 Å². The van der Waals surface area contributed by atoms with Crippen LogP contribution in [0.1, 0.15) is 31.7 Å². The Bertz CT molecular complexity index is 446. The van der Waals surface area contributed by atoms with Gasteiger partial charge in [-0.1, -0.05) is 36.8 Å². The van der Waals surface area contributed by atoms with Crippen LogP contribution in [0.15, 0.2) is 35.3 Å². The van der Waals surface area contributed by atoms with E-state index in [4.69, 9.17) is 9.73 Å². The molecule has 0 amide bonds. The molecule has 1 aromatic rings. The highest BCUT2D eigenvalue weighted by molar-refractivity contribution is 14.0. The molecule has 0 unspecified atom stereocenters. The van der Waals surface area contributed by atoms with Crippen molar-refractivity contribution in [2.24, 2.45) is 4.99 Å². The van der Waals surface area contributed by atoms with Gasteiger partial charge in [0.2, 0.25) is 0 Å². The van der Waals surface area contributed by atoms with E-state index >= 15 is 0 Å². The van der Waals surface area contributed by atoms with Gasteiger partial charge in [-0.2, -0.15) is 0 Å². The molecule has 0 heterocycles. The fraction of sp³-hybridized carbons (Fsp3) is 0.588. The molecule has 0 aliphatic heterocycles. The average Bonchev–Trinajstić information content (AvgIpc) is 2.47. The van der Waals surface area contributed by atoms with Crippen LogP contribution in [0.3, 0.4) is 0 Å². The molecule has 5 heteroatoms. The van der Waals surface area contributed by atoms with Crippen LogP contribution in [0.4, 0.5) is 0 Å². The summed E-state index contributed by atoms with van der Waals surface area (Å²) in [6.45, 7) is 5.27. The first kappa shape index (κ1) is 19.2. The smallest absolute Gasteiger partial charge is 0.191 e. The molecule has 2 N–H and O–H groups in total. The van der Waals surface area contributed by atoms with Crippen molar-refractivity contribution in [2.75, 3.05) is 33.4 Å². The lowest BCUT2D eigenvalue weighted by molar-refractivity contribution is 0.203. The molecule has 124 valence electrons. The van der Waals surface area contributed by atoms with Crippen molar-refractivity contribution in [1.82, 2.24) is 10.6 Å². The monoisotopic (exact) mass is 417 g/mol. The van der Waals surface area contributed by atoms with Crippen LogP contribution in [0, 0.1) is 0 Å². The second kappa shape index (κ2) is 10.0. The number of guanidine groups is 1. The second-order valence-electron chi connectivity index (χ2n) is 5.61. The van der Waals surface area contributed by atoms with Crippen LogP contribution in [-0.4, -0.2) is 39.3 Å². The molecule has 2 rings (SSSR count). The molecular weight excluding hydrogens is 389 g/mol. The summed E-state index contributed by atoms with van der Waals surface area (Å²) in [5, 5.41) is 6.60. The number of hydrogen-bond donors (Lipinski definition) is 2. The molecule has 1 aliphatic carbocycles. The second-order valence-corrected chi connectivity index (χ2v) is 5.61. The minimum absolute atomic E-state index is 0. The highest BCUT2D eigenvalue weighted by Gasteiger charge is 2.38. The first-order valence-corrected chi connectivity index (χ1v) is 7.87. The number of nitrogens with one attached hydrogen (secondary N) is 2. The van der Waals surface area contributed by atoms with Crippen LogP contribution < -0.4 is 10.6 Å². The molecule has 1 saturated carbocycles. The largest absolute Gasteiger partial charge is 0.383 e. The Morgan fingerprint density at radius 2 is 1.95 bits per heavy atom. The molecule has 1 aromatic carbocycles. The third-order valence-corrected chi connectivity index (χ3v) is 4.18. The van der Waals surface area contributed by atoms with Crippen LogP contribution in [0.2, 0.25) is 0 Å². The van der Waals surface area contributed by atoms with Crippen molar-refractivity contribution in [3.05, 3.63) is 35.9 Å². The van der Waals surface area contributed by atoms with Gasteiger partial charge in [-0.15, -0.1) is 24.0 Å². The molecule has 0 bridgehead atoms. The molecule has 22 heavy (non-hydrogen) atoms. The van der Waals surface area contributed by atoms with E-state index in [2.05, 4.69) is 47.9 Å². The lowest BCUT2D eigenvalue weighted by Gasteiger charge is -2.41. The minimum atomic E-state index is 0. The highest BCUT2D eigenvalue weighted by atomic mass is 127. The van der Waals surface area contributed by atoms with E-state index in [1.54, 1.807) is 7.11 Å². The Kier molecular flexibility index (Phi) is 8.78. The first-order chi connectivity index (χ1) is 10.3. The van der Waals surface area contributed by atoms with Gasteiger partial charge < -0.3 is 15.4 Å². The average molecular weight is 417 g/mol. The molecule has 0 spiro atoms. The van der Waals surface area contributed by atoms with Crippen LogP contribution >= 0.6 is 24.0 Å². The number of hydrogen-bond acceptors (Lipinski definition) is 2. The zero-order chi connectivity index (χ0) is 15.0. The van der Waals surface area contributed by atoms with Gasteiger partial charge in [-0.25, -0.2) is 0 Å². The Balaban J connectivity index is 0.00000242. The molecular formula is C17H28IN3O. The standard InChI is InChI=1S/C17H27N3O.HI/c1-3-18-16(19-12-13-21-2)20-14-17(10-7-11-17)15-8-5-4-6-9-15;/h4-6,8-9H,3,7,10-14H2,1-2H3,(H2,18,19,20);1H. The number of nitrogens with zero attached hydrogens (tertiary/aromatic N) is 1. The molecule has 4 nitrogen and oxygen atoms in total. The van der Waals surface area contributed by atoms with Gasteiger partial charge in [0.15, 0.2) is 5.96 Å². The summed E-state index contributed by atoms with van der Waals surface area (Å²) in [6.07, 6.45) is 3.77. The van der Waals surface area contributed by atoms with E-state index in [0.29, 0.717) is 6.61 Å². The van der Waals surface area contributed by atoms with Crippen molar-refractivity contribution in [3.8, 4) is 0 Å². The zero-order valence-electron chi connectivity index (χ0n) is 13.6. The lowest BCUT2D eigenvalue weighted by atomic mass is 9.64. The van der Waals surface area contributed by atoms with Gasteiger partial charge in [0.05, 0.1) is 13.2 Å². The maximum atomic E-state index is 5.07. The highest BCUT2D eigenvalue weighted by Crippen LogP contribution is 2.43. The molecule has 0 radical (unpaired) electrons. The Hall–Kier alpha value is -0.820. The van der Waals surface area contributed by atoms with E-state index < -0.39 is 0 Å². The topological polar surface area (TPSA) is 45.7 Å². The summed E-state index contributed by atoms with van der Waals surface area (Å²) in [4.78, 5) is 4.79. The van der Waals surface area contributed by atoms with Crippen molar-refractivity contribution < 1.29 is 4.74 Å². The summed E-state index contributed by atoms with van der Waals surface area (Å²) in [5.74, 6) is 0.886. The Morgan fingerprint density at radius 1 is 1.23 bits per heavy atom. The Labute approximate surface area is 151 Å². The van der Waals surface area contributed by atoms with Gasteiger partial charge in [-0.05, 0) is 25.3 Å². The van der Waals surface area contributed by atoms with Gasteiger partial charge in [0.1, 0.15) is 0 Å². The third-order valence-electron chi connectivity index (χ3n) is 4.18. The lowest BCUT2D eigenvalue weighted by Crippen LogP contribution is -2.42. The SMILES string of the molecule is CCNC(=NCC1(c2ccccc2)CCC1)NCCOC.I. The fourth-order valence-corrected chi connectivity index (χ4v) is 2.78. The van der Waals surface area contributed by atoms with Crippen LogP contribution in [0.5, 0.6) is 0 Å². The number of benzene rings is 1. The van der Waals surface area contributed by atoms with Crippen molar-refractivity contribution >= 4 is 29.9 Å². The third kappa shape index (κ3) is 5.12. The summed E-state index contributed by atoms with van der Waals surface area (Å²) in [6, 6.07) is 10.8. The van der Waals surface area contributed by atoms with Crippen LogP contribution in [0.25, 0.3) is 0 Å². The van der Waals surface area contributed by atoms with Crippen molar-refractivity contribution in [1.29, 1.82) is 0 Å². The summed E-state index contributed by atoms with van der Waals surface area (Å²) < 4.78 is 5.07. The van der Waals surface area contributed by atoms with E-state index in [0.717, 1.165) is 25.6 Å². The maximum absolute atomic E-state index is 5.07. The fourth-order valence-electron chi connectivity index (χ4n) is 2.78. The summed E-state index contributed by atoms with van der Waals surface area (Å²) >= 11 is 0. The molecule has 1 aliphatic rings. The van der Waals surface area contributed by atoms with E-state index in [-0.39, 0.29) is 29.4 Å². The zero-order valence-corrected chi connectivity index (χ0v) is 15.9. The predicted octanol–water partition coefficient (Wildman–Crippen LogP) is 2.93. The number of aliphatic imine (C=N–C) groups is 1. The molecule has 0 aromatic heterocycles. The molecule has 1 fully saturated rings.